The van der Waals surface area contributed by atoms with Crippen LogP contribution in [0.15, 0.2) is 0 Å². The van der Waals surface area contributed by atoms with E-state index < -0.39 is 0 Å². The van der Waals surface area contributed by atoms with Gasteiger partial charge in [-0.05, 0) is 13.8 Å². The molecule has 0 aliphatic carbocycles. The van der Waals surface area contributed by atoms with Crippen molar-refractivity contribution < 1.29 is 14.3 Å². The Kier molecular flexibility index (Phi) is 6.56. The maximum atomic E-state index is 10.7. The van der Waals surface area contributed by atoms with E-state index in [0.29, 0.717) is 13.2 Å². The molecule has 0 heterocycles. The van der Waals surface area contributed by atoms with Gasteiger partial charge in [-0.2, -0.15) is 0 Å². The Morgan fingerprint density at radius 1 is 1.64 bits per heavy atom. The number of ether oxygens (including phenoxy) is 2. The van der Waals surface area contributed by atoms with E-state index in [2.05, 4.69) is 15.9 Å². The Hall–Kier alpha value is -0.0900. The van der Waals surface area contributed by atoms with Crippen LogP contribution in [0, 0.1) is 0 Å². The first-order valence-corrected chi connectivity index (χ1v) is 4.45. The molecule has 1 unspecified atom stereocenters. The van der Waals surface area contributed by atoms with Gasteiger partial charge in [-0.1, -0.05) is 15.9 Å². The molecule has 11 heavy (non-hydrogen) atoms. The minimum absolute atomic E-state index is 0.0518. The van der Waals surface area contributed by atoms with Gasteiger partial charge in [-0.25, -0.2) is 4.79 Å². The number of esters is 1. The van der Waals surface area contributed by atoms with Crippen molar-refractivity contribution in [3.8, 4) is 0 Å². The molecule has 0 aromatic carbocycles. The second kappa shape index (κ2) is 6.61. The third-order valence-corrected chi connectivity index (χ3v) is 1.16. The molecule has 0 fully saturated rings. The fourth-order valence-corrected chi connectivity index (χ4v) is 0.567. The van der Waals surface area contributed by atoms with E-state index >= 15 is 0 Å². The minimum atomic E-state index is -0.307. The molecule has 0 rings (SSSR count). The van der Waals surface area contributed by atoms with E-state index in [9.17, 15) is 4.79 Å². The van der Waals surface area contributed by atoms with Crippen molar-refractivity contribution in [3.05, 3.63) is 0 Å². The summed E-state index contributed by atoms with van der Waals surface area (Å²) in [5, 5.41) is 0. The number of carbonyl (C=O) groups is 1. The van der Waals surface area contributed by atoms with Crippen LogP contribution in [0.1, 0.15) is 13.8 Å². The van der Waals surface area contributed by atoms with Gasteiger partial charge in [-0.3, -0.25) is 0 Å². The van der Waals surface area contributed by atoms with Gasteiger partial charge in [0.1, 0.15) is 13.2 Å². The first kappa shape index (κ1) is 10.9. The van der Waals surface area contributed by atoms with Gasteiger partial charge in [0.15, 0.2) is 0 Å². The Balaban J connectivity index is 3.23. The summed E-state index contributed by atoms with van der Waals surface area (Å²) in [6.07, 6.45) is 0. The molecule has 0 aliphatic heterocycles. The highest BCUT2D eigenvalue weighted by Gasteiger charge is 2.03. The van der Waals surface area contributed by atoms with E-state index in [1.165, 1.54) is 0 Å². The second-order valence-corrected chi connectivity index (χ2v) is 3.66. The highest BCUT2D eigenvalue weighted by Crippen LogP contribution is 1.97. The number of rotatable bonds is 5. The summed E-state index contributed by atoms with van der Waals surface area (Å²) in [6.45, 7) is 4.73. The lowest BCUT2D eigenvalue weighted by atomic mass is 10.5. The zero-order valence-electron chi connectivity index (χ0n) is 6.80. The first-order chi connectivity index (χ1) is 5.16. The fourth-order valence-electron chi connectivity index (χ4n) is 0.435. The largest absolute Gasteiger partial charge is 0.463 e. The maximum absolute atomic E-state index is 10.7. The third kappa shape index (κ3) is 7.81. The zero-order valence-corrected chi connectivity index (χ0v) is 8.39. The van der Waals surface area contributed by atoms with E-state index in [-0.39, 0.29) is 17.4 Å². The van der Waals surface area contributed by atoms with Crippen LogP contribution >= 0.6 is 15.9 Å². The Labute approximate surface area is 75.2 Å². The lowest BCUT2D eigenvalue weighted by molar-refractivity contribution is -0.148. The summed E-state index contributed by atoms with van der Waals surface area (Å²) in [5.74, 6) is -0.307. The summed E-state index contributed by atoms with van der Waals surface area (Å²) in [6, 6.07) is 0. The van der Waals surface area contributed by atoms with Crippen LogP contribution in [-0.4, -0.2) is 30.6 Å². The SMILES string of the molecule is CCOCC(=O)OCC(C)Br. The number of hydrogen-bond donors (Lipinski definition) is 0. The molecule has 4 heteroatoms. The summed E-state index contributed by atoms with van der Waals surface area (Å²) in [7, 11) is 0. The Morgan fingerprint density at radius 3 is 2.73 bits per heavy atom. The third-order valence-electron chi connectivity index (χ3n) is 0.898. The molecule has 0 bridgehead atoms. The van der Waals surface area contributed by atoms with E-state index in [1.807, 2.05) is 13.8 Å². The molecule has 0 saturated heterocycles. The van der Waals surface area contributed by atoms with Gasteiger partial charge in [0, 0.05) is 11.4 Å². The maximum Gasteiger partial charge on any atom is 0.332 e. The van der Waals surface area contributed by atoms with Crippen molar-refractivity contribution in [1.82, 2.24) is 0 Å². The molecular formula is C7H13BrO3. The molecule has 0 saturated carbocycles. The molecule has 0 radical (unpaired) electrons. The van der Waals surface area contributed by atoms with Crippen LogP contribution < -0.4 is 0 Å². The predicted octanol–water partition coefficient (Wildman–Crippen LogP) is 1.35. The van der Waals surface area contributed by atoms with Gasteiger partial charge in [-0.15, -0.1) is 0 Å². The smallest absolute Gasteiger partial charge is 0.332 e. The van der Waals surface area contributed by atoms with E-state index in [0.717, 1.165) is 0 Å². The van der Waals surface area contributed by atoms with Crippen molar-refractivity contribution >= 4 is 21.9 Å². The average molecular weight is 225 g/mol. The minimum Gasteiger partial charge on any atom is -0.463 e. The average Bonchev–Trinajstić information content (AvgIpc) is 1.97. The molecule has 0 aromatic rings. The predicted molar refractivity (Wildman–Crippen MR) is 45.8 cm³/mol. The van der Waals surface area contributed by atoms with Crippen molar-refractivity contribution in [2.24, 2.45) is 0 Å². The molecule has 0 aromatic heterocycles. The lowest BCUT2D eigenvalue weighted by Crippen LogP contribution is -2.16. The summed E-state index contributed by atoms with van der Waals surface area (Å²) in [5.41, 5.74) is 0. The Morgan fingerprint density at radius 2 is 2.27 bits per heavy atom. The van der Waals surface area contributed by atoms with E-state index in [4.69, 9.17) is 9.47 Å². The van der Waals surface area contributed by atoms with Gasteiger partial charge in [0.25, 0.3) is 0 Å². The van der Waals surface area contributed by atoms with Gasteiger partial charge >= 0.3 is 5.97 Å². The van der Waals surface area contributed by atoms with Crippen molar-refractivity contribution in [1.29, 1.82) is 0 Å². The van der Waals surface area contributed by atoms with Crippen LogP contribution in [-0.2, 0) is 14.3 Å². The fraction of sp³-hybridized carbons (Fsp3) is 0.857. The summed E-state index contributed by atoms with van der Waals surface area (Å²) >= 11 is 3.25. The van der Waals surface area contributed by atoms with Gasteiger partial charge in [0.05, 0.1) is 0 Å². The van der Waals surface area contributed by atoms with Crippen LogP contribution in [0.25, 0.3) is 0 Å². The summed E-state index contributed by atoms with van der Waals surface area (Å²) in [4.78, 5) is 10.9. The molecule has 0 aliphatic rings. The molecule has 0 spiro atoms. The Bertz CT molecular complexity index is 114. The second-order valence-electron chi connectivity index (χ2n) is 2.10. The van der Waals surface area contributed by atoms with Crippen LogP contribution in [0.4, 0.5) is 0 Å². The van der Waals surface area contributed by atoms with Crippen LogP contribution in [0.2, 0.25) is 0 Å². The highest BCUT2D eigenvalue weighted by molar-refractivity contribution is 9.09. The number of carbonyl (C=O) groups excluding carboxylic acids is 1. The zero-order chi connectivity index (χ0) is 8.69. The van der Waals surface area contributed by atoms with Crippen molar-refractivity contribution in [2.45, 2.75) is 18.7 Å². The van der Waals surface area contributed by atoms with Crippen molar-refractivity contribution in [2.75, 3.05) is 19.8 Å². The number of halogens is 1. The molecule has 0 amide bonds. The summed E-state index contributed by atoms with van der Waals surface area (Å²) < 4.78 is 9.63. The monoisotopic (exact) mass is 224 g/mol. The molecular weight excluding hydrogens is 212 g/mol. The topological polar surface area (TPSA) is 35.5 Å². The molecule has 66 valence electrons. The molecule has 3 nitrogen and oxygen atoms in total. The lowest BCUT2D eigenvalue weighted by Gasteiger charge is -2.05. The molecule has 1 atom stereocenters. The number of alkyl halides is 1. The molecule has 0 N–H and O–H groups in total. The van der Waals surface area contributed by atoms with Crippen molar-refractivity contribution in [3.63, 3.8) is 0 Å². The normalized spacial score (nSPS) is 12.6. The van der Waals surface area contributed by atoms with Gasteiger partial charge < -0.3 is 9.47 Å². The number of hydrogen-bond acceptors (Lipinski definition) is 3. The van der Waals surface area contributed by atoms with Crippen LogP contribution in [0.5, 0.6) is 0 Å². The first-order valence-electron chi connectivity index (χ1n) is 3.54. The van der Waals surface area contributed by atoms with E-state index in [1.54, 1.807) is 0 Å². The quantitative estimate of drug-likeness (QED) is 0.523. The standard InChI is InChI=1S/C7H13BrO3/c1-3-10-5-7(9)11-4-6(2)8/h6H,3-5H2,1-2H3. The van der Waals surface area contributed by atoms with Gasteiger partial charge in [0.2, 0.25) is 0 Å². The van der Waals surface area contributed by atoms with Crippen LogP contribution in [0.3, 0.4) is 0 Å². The highest BCUT2D eigenvalue weighted by atomic mass is 79.9.